The van der Waals surface area contributed by atoms with Crippen LogP contribution < -0.4 is 4.90 Å². The van der Waals surface area contributed by atoms with Crippen LogP contribution in [-0.2, 0) is 0 Å². The standard InChI is InChI=1S/C24H21ClFN5O/c25-19-7-3-5-17(15-19)22(24-29-28-23(32-24)18-6-4-8-20(26)16-18)31-13-11-30(12-14-31)21-9-1-2-10-27-21/h1-10,15-16,22H,11-14H2/t22-/m1/s1. The third-order valence-electron chi connectivity index (χ3n) is 5.56. The van der Waals surface area contributed by atoms with E-state index in [1.54, 1.807) is 12.1 Å². The lowest BCUT2D eigenvalue weighted by molar-refractivity contribution is 0.187. The summed E-state index contributed by atoms with van der Waals surface area (Å²) >= 11 is 6.29. The van der Waals surface area contributed by atoms with E-state index in [-0.39, 0.29) is 11.9 Å². The van der Waals surface area contributed by atoms with Gasteiger partial charge in [-0.05, 0) is 48.0 Å². The second-order valence-electron chi connectivity index (χ2n) is 7.62. The summed E-state index contributed by atoms with van der Waals surface area (Å²) in [5.41, 5.74) is 1.52. The summed E-state index contributed by atoms with van der Waals surface area (Å²) in [4.78, 5) is 9.02. The van der Waals surface area contributed by atoms with Gasteiger partial charge in [-0.25, -0.2) is 9.37 Å². The largest absolute Gasteiger partial charge is 0.419 e. The van der Waals surface area contributed by atoms with E-state index in [1.807, 2.05) is 48.7 Å². The molecule has 1 fully saturated rings. The van der Waals surface area contributed by atoms with Crippen molar-refractivity contribution in [3.8, 4) is 11.5 Å². The van der Waals surface area contributed by atoms with Crippen LogP contribution in [0.2, 0.25) is 5.02 Å². The molecule has 0 bridgehead atoms. The Morgan fingerprint density at radius 3 is 2.50 bits per heavy atom. The maximum Gasteiger partial charge on any atom is 0.247 e. The highest BCUT2D eigenvalue weighted by Gasteiger charge is 2.31. The molecule has 5 rings (SSSR count). The molecule has 0 N–H and O–H groups in total. The zero-order valence-electron chi connectivity index (χ0n) is 17.2. The van der Waals surface area contributed by atoms with Gasteiger partial charge in [-0.15, -0.1) is 10.2 Å². The number of nitrogens with zero attached hydrogens (tertiary/aromatic N) is 5. The molecule has 0 radical (unpaired) electrons. The Morgan fingerprint density at radius 2 is 1.75 bits per heavy atom. The lowest BCUT2D eigenvalue weighted by Crippen LogP contribution is -2.48. The first kappa shape index (κ1) is 20.6. The van der Waals surface area contributed by atoms with E-state index in [0.717, 1.165) is 37.6 Å². The van der Waals surface area contributed by atoms with Crippen molar-refractivity contribution in [3.63, 3.8) is 0 Å². The van der Waals surface area contributed by atoms with E-state index < -0.39 is 0 Å². The van der Waals surface area contributed by atoms with Gasteiger partial charge in [0.15, 0.2) is 0 Å². The molecule has 1 saturated heterocycles. The smallest absolute Gasteiger partial charge is 0.247 e. The monoisotopic (exact) mass is 449 g/mol. The van der Waals surface area contributed by atoms with Gasteiger partial charge in [0.25, 0.3) is 0 Å². The van der Waals surface area contributed by atoms with E-state index in [0.29, 0.717) is 22.4 Å². The normalized spacial score (nSPS) is 15.6. The predicted molar refractivity (Wildman–Crippen MR) is 121 cm³/mol. The van der Waals surface area contributed by atoms with Crippen molar-refractivity contribution in [1.29, 1.82) is 0 Å². The van der Waals surface area contributed by atoms with Crippen LogP contribution in [-0.4, -0.2) is 46.3 Å². The number of aromatic nitrogens is 3. The van der Waals surface area contributed by atoms with E-state index in [2.05, 4.69) is 25.0 Å². The first-order valence-electron chi connectivity index (χ1n) is 10.4. The zero-order valence-corrected chi connectivity index (χ0v) is 18.0. The van der Waals surface area contributed by atoms with E-state index >= 15 is 0 Å². The predicted octanol–water partition coefficient (Wildman–Crippen LogP) is 4.84. The molecule has 2 aromatic carbocycles. The minimum atomic E-state index is -0.348. The fraction of sp³-hybridized carbons (Fsp3) is 0.208. The highest BCUT2D eigenvalue weighted by molar-refractivity contribution is 6.30. The van der Waals surface area contributed by atoms with Crippen LogP contribution in [0.15, 0.2) is 77.3 Å². The molecule has 8 heteroatoms. The van der Waals surface area contributed by atoms with Crippen LogP contribution >= 0.6 is 11.6 Å². The maximum absolute atomic E-state index is 13.7. The quantitative estimate of drug-likeness (QED) is 0.434. The van der Waals surface area contributed by atoms with Gasteiger partial charge in [0.1, 0.15) is 17.7 Å². The lowest BCUT2D eigenvalue weighted by atomic mass is 10.0. The first-order valence-corrected chi connectivity index (χ1v) is 10.8. The molecule has 6 nitrogen and oxygen atoms in total. The molecule has 4 aromatic rings. The van der Waals surface area contributed by atoms with Crippen molar-refractivity contribution in [2.75, 3.05) is 31.1 Å². The molecule has 0 spiro atoms. The van der Waals surface area contributed by atoms with Crippen LogP contribution in [0.5, 0.6) is 0 Å². The van der Waals surface area contributed by atoms with Crippen molar-refractivity contribution in [2.24, 2.45) is 0 Å². The Hall–Kier alpha value is -3.29. The Bertz CT molecular complexity index is 1190. The van der Waals surface area contributed by atoms with Crippen molar-refractivity contribution < 1.29 is 8.81 Å². The topological polar surface area (TPSA) is 58.3 Å². The second-order valence-corrected chi connectivity index (χ2v) is 8.06. The number of pyridine rings is 1. The zero-order chi connectivity index (χ0) is 21.9. The molecule has 1 aliphatic rings. The van der Waals surface area contributed by atoms with Gasteiger partial charge >= 0.3 is 0 Å². The second kappa shape index (κ2) is 9.06. The fourth-order valence-electron chi connectivity index (χ4n) is 4.02. The molecule has 2 aromatic heterocycles. The number of piperazine rings is 1. The van der Waals surface area contributed by atoms with Gasteiger partial charge < -0.3 is 9.32 Å². The van der Waals surface area contributed by atoms with Gasteiger partial charge in [0, 0.05) is 43.0 Å². The lowest BCUT2D eigenvalue weighted by Gasteiger charge is -2.38. The van der Waals surface area contributed by atoms with Crippen LogP contribution in [0.3, 0.4) is 0 Å². The molecule has 32 heavy (non-hydrogen) atoms. The molecule has 0 amide bonds. The highest BCUT2D eigenvalue weighted by Crippen LogP contribution is 2.32. The van der Waals surface area contributed by atoms with E-state index in [4.69, 9.17) is 16.0 Å². The Kier molecular flexibility index (Phi) is 5.83. The van der Waals surface area contributed by atoms with Gasteiger partial charge in [0.05, 0.1) is 0 Å². The first-order chi connectivity index (χ1) is 15.7. The third kappa shape index (κ3) is 4.35. The van der Waals surface area contributed by atoms with Crippen LogP contribution in [0.25, 0.3) is 11.5 Å². The average Bonchev–Trinajstić information content (AvgIpc) is 3.30. The van der Waals surface area contributed by atoms with E-state index in [9.17, 15) is 4.39 Å². The van der Waals surface area contributed by atoms with Crippen LogP contribution in [0.1, 0.15) is 17.5 Å². The van der Waals surface area contributed by atoms with Crippen molar-refractivity contribution in [2.45, 2.75) is 6.04 Å². The molecular formula is C24H21ClFN5O. The molecule has 3 heterocycles. The third-order valence-corrected chi connectivity index (χ3v) is 5.80. The summed E-state index contributed by atoms with van der Waals surface area (Å²) < 4.78 is 19.7. The van der Waals surface area contributed by atoms with Crippen molar-refractivity contribution in [1.82, 2.24) is 20.1 Å². The number of benzene rings is 2. The average molecular weight is 450 g/mol. The van der Waals surface area contributed by atoms with E-state index in [1.165, 1.54) is 12.1 Å². The minimum absolute atomic E-state index is 0.255. The Labute approximate surface area is 190 Å². The molecule has 0 aliphatic carbocycles. The summed E-state index contributed by atoms with van der Waals surface area (Å²) in [6.07, 6.45) is 1.81. The molecule has 0 unspecified atom stereocenters. The molecule has 1 atom stereocenters. The number of hydrogen-bond donors (Lipinski definition) is 0. The maximum atomic E-state index is 13.7. The summed E-state index contributed by atoms with van der Waals surface area (Å²) in [5.74, 6) is 1.37. The van der Waals surface area contributed by atoms with Crippen LogP contribution in [0.4, 0.5) is 10.2 Å². The summed E-state index contributed by atoms with van der Waals surface area (Å²) in [7, 11) is 0. The SMILES string of the molecule is Fc1cccc(-c2nnc([C@@H](c3cccc(Cl)c3)N3CCN(c4ccccn4)CC3)o2)c1. The summed E-state index contributed by atoms with van der Waals surface area (Å²) in [5, 5.41) is 9.16. The van der Waals surface area contributed by atoms with Crippen molar-refractivity contribution >= 4 is 17.4 Å². The summed E-state index contributed by atoms with van der Waals surface area (Å²) in [6.45, 7) is 3.20. The van der Waals surface area contributed by atoms with Gasteiger partial charge in [-0.1, -0.05) is 35.9 Å². The molecule has 0 saturated carbocycles. The Morgan fingerprint density at radius 1 is 0.906 bits per heavy atom. The van der Waals surface area contributed by atoms with Crippen molar-refractivity contribution in [3.05, 3.63) is 95.2 Å². The van der Waals surface area contributed by atoms with Gasteiger partial charge in [0.2, 0.25) is 11.8 Å². The highest BCUT2D eigenvalue weighted by atomic mass is 35.5. The van der Waals surface area contributed by atoms with Crippen LogP contribution in [0, 0.1) is 5.82 Å². The minimum Gasteiger partial charge on any atom is -0.419 e. The number of anilines is 1. The molecule has 162 valence electrons. The number of hydrogen-bond acceptors (Lipinski definition) is 6. The molecule has 1 aliphatic heterocycles. The number of rotatable bonds is 5. The molecular weight excluding hydrogens is 429 g/mol. The summed E-state index contributed by atoms with van der Waals surface area (Å²) in [6, 6.07) is 19.5. The van der Waals surface area contributed by atoms with Gasteiger partial charge in [-0.2, -0.15) is 0 Å². The number of halogens is 2. The Balaban J connectivity index is 1.44. The fourth-order valence-corrected chi connectivity index (χ4v) is 4.22. The van der Waals surface area contributed by atoms with Gasteiger partial charge in [-0.3, -0.25) is 4.90 Å².